The van der Waals surface area contributed by atoms with Crippen molar-refractivity contribution in [3.63, 3.8) is 0 Å². The molecule has 1 fully saturated rings. The van der Waals surface area contributed by atoms with Crippen LogP contribution in [0.15, 0.2) is 23.8 Å². The van der Waals surface area contributed by atoms with Crippen molar-refractivity contribution in [1.29, 1.82) is 0 Å². The van der Waals surface area contributed by atoms with E-state index < -0.39 is 18.0 Å². The maximum Gasteiger partial charge on any atom is 0.191 e. The number of hydrogen-bond donors (Lipinski definition) is 3. The fourth-order valence-corrected chi connectivity index (χ4v) is 1.96. The standard InChI is InChI=1S/C11H16O5/c1-11(15-6-7(5-12)16-11)8-3-2-4-9(13)10(8)14/h2-4,7,9-10,12-14H,5-6H2,1H3/t7?,9-,10+,11?/m0/s1. The normalized spacial score (nSPS) is 43.5. The van der Waals surface area contributed by atoms with E-state index in [0.717, 1.165) is 0 Å². The lowest BCUT2D eigenvalue weighted by Gasteiger charge is -2.32. The Balaban J connectivity index is 2.18. The number of hydrogen-bond acceptors (Lipinski definition) is 5. The summed E-state index contributed by atoms with van der Waals surface area (Å²) in [6.07, 6.45) is 2.44. The minimum absolute atomic E-state index is 0.128. The first-order valence-electron chi connectivity index (χ1n) is 5.24. The SMILES string of the molecule is CC1(C2=CC=C[C@H](O)[C@@H]2O)OCC(CO)O1. The Morgan fingerprint density at radius 3 is 2.88 bits per heavy atom. The van der Waals surface area contributed by atoms with Crippen molar-refractivity contribution in [2.75, 3.05) is 13.2 Å². The average molecular weight is 228 g/mol. The van der Waals surface area contributed by atoms with Crippen LogP contribution in [0, 0.1) is 0 Å². The maximum absolute atomic E-state index is 9.83. The molecule has 0 bridgehead atoms. The molecule has 2 aliphatic rings. The van der Waals surface area contributed by atoms with Gasteiger partial charge in [0.1, 0.15) is 18.3 Å². The molecule has 0 radical (unpaired) electrons. The van der Waals surface area contributed by atoms with Crippen LogP contribution < -0.4 is 0 Å². The Kier molecular flexibility index (Phi) is 3.14. The van der Waals surface area contributed by atoms with Gasteiger partial charge in [0.25, 0.3) is 0 Å². The van der Waals surface area contributed by atoms with Crippen LogP contribution in [0.4, 0.5) is 0 Å². The van der Waals surface area contributed by atoms with Crippen molar-refractivity contribution in [1.82, 2.24) is 0 Å². The van der Waals surface area contributed by atoms with Crippen LogP contribution >= 0.6 is 0 Å². The number of aliphatic hydroxyl groups is 3. The highest BCUT2D eigenvalue weighted by Crippen LogP contribution is 2.34. The average Bonchev–Trinajstić information content (AvgIpc) is 2.65. The van der Waals surface area contributed by atoms with E-state index in [0.29, 0.717) is 5.57 Å². The van der Waals surface area contributed by atoms with Crippen molar-refractivity contribution in [3.05, 3.63) is 23.8 Å². The second-order valence-electron chi connectivity index (χ2n) is 4.12. The zero-order valence-electron chi connectivity index (χ0n) is 9.04. The van der Waals surface area contributed by atoms with Gasteiger partial charge in [-0.2, -0.15) is 0 Å². The first-order chi connectivity index (χ1) is 7.57. The van der Waals surface area contributed by atoms with Crippen LogP contribution in [0.3, 0.4) is 0 Å². The molecule has 0 aromatic carbocycles. The lowest BCUT2D eigenvalue weighted by molar-refractivity contribution is -0.142. The predicted octanol–water partition coefficient (Wildman–Crippen LogP) is -0.672. The van der Waals surface area contributed by atoms with E-state index in [1.807, 2.05) is 0 Å². The van der Waals surface area contributed by atoms with E-state index >= 15 is 0 Å². The van der Waals surface area contributed by atoms with E-state index in [9.17, 15) is 10.2 Å². The number of allylic oxidation sites excluding steroid dienone is 2. The van der Waals surface area contributed by atoms with Gasteiger partial charge in [-0.15, -0.1) is 0 Å². The summed E-state index contributed by atoms with van der Waals surface area (Å²) in [6, 6.07) is 0. The quantitative estimate of drug-likeness (QED) is 0.584. The van der Waals surface area contributed by atoms with E-state index in [1.165, 1.54) is 6.08 Å². The van der Waals surface area contributed by atoms with Crippen molar-refractivity contribution in [3.8, 4) is 0 Å². The molecule has 1 aliphatic carbocycles. The second kappa shape index (κ2) is 4.27. The van der Waals surface area contributed by atoms with Crippen LogP contribution in [0.2, 0.25) is 0 Å². The molecule has 0 aromatic heterocycles. The highest BCUT2D eigenvalue weighted by atomic mass is 16.7. The Morgan fingerprint density at radius 2 is 2.25 bits per heavy atom. The summed E-state index contributed by atoms with van der Waals surface area (Å²) in [6.45, 7) is 1.82. The largest absolute Gasteiger partial charge is 0.394 e. The van der Waals surface area contributed by atoms with Crippen molar-refractivity contribution < 1.29 is 24.8 Å². The fraction of sp³-hybridized carbons (Fsp3) is 0.636. The molecule has 5 nitrogen and oxygen atoms in total. The van der Waals surface area contributed by atoms with Gasteiger partial charge in [-0.3, -0.25) is 0 Å². The monoisotopic (exact) mass is 228 g/mol. The van der Waals surface area contributed by atoms with E-state index in [2.05, 4.69) is 0 Å². The number of aliphatic hydroxyl groups excluding tert-OH is 3. The Morgan fingerprint density at radius 1 is 1.50 bits per heavy atom. The lowest BCUT2D eigenvalue weighted by atomic mass is 9.93. The molecule has 16 heavy (non-hydrogen) atoms. The summed E-state index contributed by atoms with van der Waals surface area (Å²) in [4.78, 5) is 0. The highest BCUT2D eigenvalue weighted by molar-refractivity contribution is 5.30. The van der Waals surface area contributed by atoms with Crippen LogP contribution in [-0.4, -0.2) is 52.6 Å². The summed E-state index contributed by atoms with van der Waals surface area (Å²) >= 11 is 0. The maximum atomic E-state index is 9.83. The van der Waals surface area contributed by atoms with Gasteiger partial charge in [0, 0.05) is 5.57 Å². The van der Waals surface area contributed by atoms with Crippen LogP contribution in [-0.2, 0) is 9.47 Å². The molecule has 0 amide bonds. The highest BCUT2D eigenvalue weighted by Gasteiger charge is 2.44. The molecule has 1 heterocycles. The van der Waals surface area contributed by atoms with Crippen molar-refractivity contribution in [2.24, 2.45) is 0 Å². The fourth-order valence-electron chi connectivity index (χ4n) is 1.96. The minimum atomic E-state index is -1.07. The Hall–Kier alpha value is -0.720. The Labute approximate surface area is 93.6 Å². The van der Waals surface area contributed by atoms with Gasteiger partial charge in [0.05, 0.1) is 13.2 Å². The van der Waals surface area contributed by atoms with Crippen molar-refractivity contribution >= 4 is 0 Å². The van der Waals surface area contributed by atoms with Crippen molar-refractivity contribution in [2.45, 2.75) is 31.0 Å². The molecule has 3 N–H and O–H groups in total. The molecule has 0 spiro atoms. The third kappa shape index (κ3) is 1.92. The third-order valence-electron chi connectivity index (χ3n) is 2.89. The molecule has 2 unspecified atom stereocenters. The number of rotatable bonds is 2. The summed E-state index contributed by atoms with van der Waals surface area (Å²) < 4.78 is 11.0. The molecule has 2 rings (SSSR count). The van der Waals surface area contributed by atoms with Crippen LogP contribution in [0.5, 0.6) is 0 Å². The third-order valence-corrected chi connectivity index (χ3v) is 2.89. The first-order valence-corrected chi connectivity index (χ1v) is 5.24. The van der Waals surface area contributed by atoms with Gasteiger partial charge in [0.15, 0.2) is 5.79 Å². The Bertz CT molecular complexity index is 324. The molecular weight excluding hydrogens is 212 g/mol. The molecule has 1 saturated heterocycles. The van der Waals surface area contributed by atoms with E-state index in [4.69, 9.17) is 14.6 Å². The van der Waals surface area contributed by atoms with Gasteiger partial charge in [-0.1, -0.05) is 18.2 Å². The molecule has 1 aliphatic heterocycles. The number of ether oxygens (including phenoxy) is 2. The summed E-state index contributed by atoms with van der Waals surface area (Å²) in [5.41, 5.74) is 0.471. The molecule has 0 saturated carbocycles. The molecule has 5 heteroatoms. The topological polar surface area (TPSA) is 79.2 Å². The molecular formula is C11H16O5. The van der Waals surface area contributed by atoms with Gasteiger partial charge in [0.2, 0.25) is 0 Å². The molecule has 0 aromatic rings. The zero-order chi connectivity index (χ0) is 11.8. The van der Waals surface area contributed by atoms with E-state index in [1.54, 1.807) is 19.1 Å². The van der Waals surface area contributed by atoms with Gasteiger partial charge in [-0.25, -0.2) is 0 Å². The zero-order valence-corrected chi connectivity index (χ0v) is 9.04. The molecule has 90 valence electrons. The summed E-state index contributed by atoms with van der Waals surface area (Å²) in [5, 5.41) is 28.3. The van der Waals surface area contributed by atoms with Crippen LogP contribution in [0.25, 0.3) is 0 Å². The second-order valence-corrected chi connectivity index (χ2v) is 4.12. The van der Waals surface area contributed by atoms with Crippen LogP contribution in [0.1, 0.15) is 6.92 Å². The lowest BCUT2D eigenvalue weighted by Crippen LogP contribution is -2.41. The first kappa shape index (κ1) is 11.8. The predicted molar refractivity (Wildman–Crippen MR) is 55.6 cm³/mol. The molecule has 4 atom stereocenters. The smallest absolute Gasteiger partial charge is 0.191 e. The van der Waals surface area contributed by atoms with Gasteiger partial charge >= 0.3 is 0 Å². The summed E-state index contributed by atoms with van der Waals surface area (Å²) in [5.74, 6) is -1.07. The summed E-state index contributed by atoms with van der Waals surface area (Å²) in [7, 11) is 0. The van der Waals surface area contributed by atoms with Gasteiger partial charge < -0.3 is 24.8 Å². The minimum Gasteiger partial charge on any atom is -0.394 e. The van der Waals surface area contributed by atoms with E-state index in [-0.39, 0.29) is 19.3 Å². The van der Waals surface area contributed by atoms with Gasteiger partial charge in [-0.05, 0) is 6.92 Å².